The van der Waals surface area contributed by atoms with Gasteiger partial charge in [-0.15, -0.1) is 5.10 Å². The molecule has 0 radical (unpaired) electrons. The molecule has 0 atom stereocenters. The molecule has 0 aliphatic carbocycles. The van der Waals surface area contributed by atoms with E-state index in [1.54, 1.807) is 11.7 Å². The summed E-state index contributed by atoms with van der Waals surface area (Å²) in [5.74, 6) is 0. The molecular formula is C12H13N3O. The topological polar surface area (TPSA) is 50.9 Å². The smallest absolute Gasteiger partial charge is 0.115 e. The van der Waals surface area contributed by atoms with Gasteiger partial charge >= 0.3 is 0 Å². The molecule has 0 aliphatic heterocycles. The van der Waals surface area contributed by atoms with Gasteiger partial charge in [0, 0.05) is 7.05 Å². The van der Waals surface area contributed by atoms with Crippen molar-refractivity contribution in [3.05, 3.63) is 47.3 Å². The van der Waals surface area contributed by atoms with Crippen LogP contribution in [0, 0.1) is 0 Å². The number of aryl methyl sites for hydroxylation is 1. The van der Waals surface area contributed by atoms with Gasteiger partial charge in [0.25, 0.3) is 0 Å². The summed E-state index contributed by atoms with van der Waals surface area (Å²) in [4.78, 5) is 0. The average molecular weight is 215 g/mol. The molecule has 0 saturated carbocycles. The fourth-order valence-corrected chi connectivity index (χ4v) is 1.46. The molecule has 2 rings (SSSR count). The monoisotopic (exact) mass is 215 g/mol. The Bertz CT molecular complexity index is 488. The predicted octanol–water partition coefficient (Wildman–Crippen LogP) is 1.48. The number of aromatic nitrogens is 3. The lowest BCUT2D eigenvalue weighted by atomic mass is 10.2. The Hall–Kier alpha value is -1.94. The third-order valence-corrected chi connectivity index (χ3v) is 2.33. The third kappa shape index (κ3) is 2.17. The molecule has 1 heterocycles. The van der Waals surface area contributed by atoms with Crippen molar-refractivity contribution < 1.29 is 5.11 Å². The van der Waals surface area contributed by atoms with E-state index >= 15 is 0 Å². The number of hydrogen-bond donors (Lipinski definition) is 1. The van der Waals surface area contributed by atoms with Crippen molar-refractivity contribution in [2.75, 3.05) is 0 Å². The minimum Gasteiger partial charge on any atom is -0.390 e. The Morgan fingerprint density at radius 2 is 2.00 bits per heavy atom. The van der Waals surface area contributed by atoms with Crippen molar-refractivity contribution in [2.24, 2.45) is 7.05 Å². The predicted molar refractivity (Wildman–Crippen MR) is 62.3 cm³/mol. The van der Waals surface area contributed by atoms with E-state index in [4.69, 9.17) is 5.11 Å². The van der Waals surface area contributed by atoms with Gasteiger partial charge in [-0.1, -0.05) is 41.6 Å². The highest BCUT2D eigenvalue weighted by molar-refractivity contribution is 5.68. The zero-order valence-corrected chi connectivity index (χ0v) is 9.04. The number of nitrogens with zero attached hydrogens (tertiary/aromatic N) is 3. The zero-order valence-electron chi connectivity index (χ0n) is 9.04. The standard InChI is InChI=1S/C12H13N3O/c1-15-12(11(9-16)13-14-15)8-7-10-5-3-2-4-6-10/h2-8,16H,9H2,1H3/b8-7+. The number of hydrogen-bond acceptors (Lipinski definition) is 3. The Morgan fingerprint density at radius 3 is 2.69 bits per heavy atom. The molecule has 0 saturated heterocycles. The lowest BCUT2D eigenvalue weighted by Crippen LogP contribution is -1.94. The van der Waals surface area contributed by atoms with Crippen molar-refractivity contribution in [1.82, 2.24) is 15.0 Å². The molecule has 1 aromatic heterocycles. The fraction of sp³-hybridized carbons (Fsp3) is 0.167. The van der Waals surface area contributed by atoms with Gasteiger partial charge in [0.2, 0.25) is 0 Å². The van der Waals surface area contributed by atoms with E-state index in [-0.39, 0.29) is 6.61 Å². The Labute approximate surface area is 93.8 Å². The van der Waals surface area contributed by atoms with E-state index in [9.17, 15) is 0 Å². The lowest BCUT2D eigenvalue weighted by Gasteiger charge is -1.96. The van der Waals surface area contributed by atoms with Crippen LogP contribution in [0.5, 0.6) is 0 Å². The molecule has 16 heavy (non-hydrogen) atoms. The molecule has 0 amide bonds. The fourth-order valence-electron chi connectivity index (χ4n) is 1.46. The summed E-state index contributed by atoms with van der Waals surface area (Å²) in [6.07, 6.45) is 3.87. The van der Waals surface area contributed by atoms with Crippen LogP contribution in [-0.4, -0.2) is 20.1 Å². The van der Waals surface area contributed by atoms with Crippen LogP contribution in [0.1, 0.15) is 17.0 Å². The van der Waals surface area contributed by atoms with E-state index in [1.165, 1.54) is 0 Å². The molecular weight excluding hydrogens is 202 g/mol. The van der Waals surface area contributed by atoms with Gasteiger partial charge in [-0.05, 0) is 11.6 Å². The second-order valence-corrected chi connectivity index (χ2v) is 3.45. The molecule has 4 heteroatoms. The van der Waals surface area contributed by atoms with Gasteiger partial charge < -0.3 is 5.11 Å². The van der Waals surface area contributed by atoms with Gasteiger partial charge in [-0.3, -0.25) is 0 Å². The summed E-state index contributed by atoms with van der Waals surface area (Å²) in [7, 11) is 1.80. The van der Waals surface area contributed by atoms with E-state index in [0.717, 1.165) is 11.3 Å². The normalized spacial score (nSPS) is 11.1. The second-order valence-electron chi connectivity index (χ2n) is 3.45. The quantitative estimate of drug-likeness (QED) is 0.843. The minimum atomic E-state index is -0.0949. The van der Waals surface area contributed by atoms with Gasteiger partial charge in [-0.25, -0.2) is 4.68 Å². The number of benzene rings is 1. The Balaban J connectivity index is 2.27. The minimum absolute atomic E-state index is 0.0949. The van der Waals surface area contributed by atoms with Crippen LogP contribution in [0.2, 0.25) is 0 Å². The second kappa shape index (κ2) is 4.72. The molecule has 0 aliphatic rings. The van der Waals surface area contributed by atoms with Crippen molar-refractivity contribution >= 4 is 12.2 Å². The third-order valence-electron chi connectivity index (χ3n) is 2.33. The molecule has 4 nitrogen and oxygen atoms in total. The van der Waals surface area contributed by atoms with Crippen LogP contribution in [0.15, 0.2) is 30.3 Å². The highest BCUT2D eigenvalue weighted by atomic mass is 16.3. The SMILES string of the molecule is Cn1nnc(CO)c1/C=C/c1ccccc1. The summed E-state index contributed by atoms with van der Waals surface area (Å²) in [6, 6.07) is 9.96. The zero-order chi connectivity index (χ0) is 11.4. The summed E-state index contributed by atoms with van der Waals surface area (Å²) in [6.45, 7) is -0.0949. The Morgan fingerprint density at radius 1 is 1.25 bits per heavy atom. The maximum absolute atomic E-state index is 9.08. The molecule has 82 valence electrons. The lowest BCUT2D eigenvalue weighted by molar-refractivity contribution is 0.276. The van der Waals surface area contributed by atoms with E-state index in [0.29, 0.717) is 5.69 Å². The van der Waals surface area contributed by atoms with Crippen molar-refractivity contribution in [2.45, 2.75) is 6.61 Å². The first-order chi connectivity index (χ1) is 7.81. The first-order valence-corrected chi connectivity index (χ1v) is 5.04. The van der Waals surface area contributed by atoms with Crippen molar-refractivity contribution in [1.29, 1.82) is 0 Å². The van der Waals surface area contributed by atoms with E-state index < -0.39 is 0 Å². The number of aliphatic hydroxyl groups excluding tert-OH is 1. The summed E-state index contributed by atoms with van der Waals surface area (Å²) < 4.78 is 1.64. The molecule has 0 spiro atoms. The van der Waals surface area contributed by atoms with Crippen LogP contribution < -0.4 is 0 Å². The average Bonchev–Trinajstić information content (AvgIpc) is 2.69. The van der Waals surface area contributed by atoms with Gasteiger partial charge in [0.05, 0.1) is 12.3 Å². The molecule has 2 aromatic rings. The van der Waals surface area contributed by atoms with Crippen LogP contribution >= 0.6 is 0 Å². The van der Waals surface area contributed by atoms with Crippen LogP contribution in [-0.2, 0) is 13.7 Å². The maximum atomic E-state index is 9.08. The first kappa shape index (κ1) is 10.6. The van der Waals surface area contributed by atoms with Gasteiger partial charge in [-0.2, -0.15) is 0 Å². The number of aliphatic hydroxyl groups is 1. The highest BCUT2D eigenvalue weighted by Crippen LogP contribution is 2.10. The summed E-state index contributed by atoms with van der Waals surface area (Å²) >= 11 is 0. The van der Waals surface area contributed by atoms with Crippen LogP contribution in [0.4, 0.5) is 0 Å². The largest absolute Gasteiger partial charge is 0.390 e. The summed E-state index contributed by atoms with van der Waals surface area (Å²) in [5, 5.41) is 16.8. The summed E-state index contributed by atoms with van der Waals surface area (Å²) in [5.41, 5.74) is 2.52. The molecule has 1 aromatic carbocycles. The van der Waals surface area contributed by atoms with Gasteiger partial charge in [0.1, 0.15) is 5.69 Å². The van der Waals surface area contributed by atoms with Gasteiger partial charge in [0.15, 0.2) is 0 Å². The maximum Gasteiger partial charge on any atom is 0.115 e. The highest BCUT2D eigenvalue weighted by Gasteiger charge is 2.05. The molecule has 0 bridgehead atoms. The molecule has 0 fully saturated rings. The molecule has 0 unspecified atom stereocenters. The van der Waals surface area contributed by atoms with Crippen molar-refractivity contribution in [3.63, 3.8) is 0 Å². The molecule has 1 N–H and O–H groups in total. The Kier molecular flexibility index (Phi) is 3.12. The number of rotatable bonds is 3. The van der Waals surface area contributed by atoms with E-state index in [1.807, 2.05) is 42.5 Å². The van der Waals surface area contributed by atoms with Crippen molar-refractivity contribution in [3.8, 4) is 0 Å². The first-order valence-electron chi connectivity index (χ1n) is 5.04. The van der Waals surface area contributed by atoms with E-state index in [2.05, 4.69) is 10.3 Å². The van der Waals surface area contributed by atoms with Crippen LogP contribution in [0.3, 0.4) is 0 Å². The van der Waals surface area contributed by atoms with Crippen LogP contribution in [0.25, 0.3) is 12.2 Å².